The largest absolute Gasteiger partial charge is 0.321 e. The SMILES string of the molecule is N#C/C(=C\c1ccc(Cc2cccc(F)c2)c(Br)c1)C(=O)Nc1ccc(F)cc1. The molecule has 0 heterocycles. The first kappa shape index (κ1) is 20.4. The van der Waals surface area contributed by atoms with Gasteiger partial charge in [-0.1, -0.05) is 40.2 Å². The number of hydrogen-bond donors (Lipinski definition) is 1. The summed E-state index contributed by atoms with van der Waals surface area (Å²) in [5.41, 5.74) is 2.75. The molecule has 0 radical (unpaired) electrons. The molecule has 1 amide bonds. The van der Waals surface area contributed by atoms with Crippen molar-refractivity contribution in [3.8, 4) is 6.07 Å². The van der Waals surface area contributed by atoms with E-state index in [9.17, 15) is 18.8 Å². The average Bonchev–Trinajstić information content (AvgIpc) is 2.70. The molecular formula is C23H15BrF2N2O. The second-order valence-corrected chi connectivity index (χ2v) is 7.14. The standard InChI is InChI=1S/C23H15BrF2N2O/c24-22-13-16(4-5-17(22)10-15-2-1-3-20(26)12-15)11-18(14-27)23(29)28-21-8-6-19(25)7-9-21/h1-9,11-13H,10H2,(H,28,29)/b18-11+. The summed E-state index contributed by atoms with van der Waals surface area (Å²) in [5.74, 6) is -1.29. The lowest BCUT2D eigenvalue weighted by Crippen LogP contribution is -2.13. The van der Waals surface area contributed by atoms with Gasteiger partial charge in [-0.2, -0.15) is 5.26 Å². The number of anilines is 1. The maximum atomic E-state index is 13.4. The maximum absolute atomic E-state index is 13.4. The molecule has 0 aliphatic heterocycles. The zero-order valence-corrected chi connectivity index (χ0v) is 16.7. The minimum absolute atomic E-state index is 0.0842. The Bertz CT molecular complexity index is 1120. The van der Waals surface area contributed by atoms with Crippen LogP contribution in [-0.4, -0.2) is 5.91 Å². The van der Waals surface area contributed by atoms with Crippen molar-refractivity contribution in [1.82, 2.24) is 0 Å². The number of halogens is 3. The monoisotopic (exact) mass is 452 g/mol. The van der Waals surface area contributed by atoms with E-state index < -0.39 is 11.7 Å². The van der Waals surface area contributed by atoms with Crippen molar-refractivity contribution < 1.29 is 13.6 Å². The molecule has 0 unspecified atom stereocenters. The van der Waals surface area contributed by atoms with Crippen LogP contribution in [0.4, 0.5) is 14.5 Å². The average molecular weight is 453 g/mol. The van der Waals surface area contributed by atoms with Gasteiger partial charge in [-0.3, -0.25) is 4.79 Å². The molecule has 29 heavy (non-hydrogen) atoms. The first-order valence-corrected chi connectivity index (χ1v) is 9.45. The van der Waals surface area contributed by atoms with Crippen molar-refractivity contribution in [2.75, 3.05) is 5.32 Å². The molecule has 144 valence electrons. The van der Waals surface area contributed by atoms with E-state index in [0.717, 1.165) is 15.6 Å². The molecule has 0 aliphatic rings. The second-order valence-electron chi connectivity index (χ2n) is 6.29. The number of carbonyl (C=O) groups is 1. The number of nitrogens with zero attached hydrogens (tertiary/aromatic N) is 1. The Morgan fingerprint density at radius 3 is 2.45 bits per heavy atom. The molecule has 0 atom stereocenters. The van der Waals surface area contributed by atoms with Crippen molar-refractivity contribution in [3.05, 3.63) is 105 Å². The van der Waals surface area contributed by atoms with Crippen LogP contribution in [0.5, 0.6) is 0 Å². The summed E-state index contributed by atoms with van der Waals surface area (Å²) in [5, 5.41) is 11.9. The van der Waals surface area contributed by atoms with Crippen molar-refractivity contribution in [2.24, 2.45) is 0 Å². The molecular weight excluding hydrogens is 438 g/mol. The summed E-state index contributed by atoms with van der Waals surface area (Å²) in [6.45, 7) is 0. The van der Waals surface area contributed by atoms with E-state index in [-0.39, 0.29) is 11.4 Å². The first-order chi connectivity index (χ1) is 13.9. The topological polar surface area (TPSA) is 52.9 Å². The molecule has 0 fully saturated rings. The number of nitrogens with one attached hydrogen (secondary N) is 1. The van der Waals surface area contributed by atoms with Crippen LogP contribution in [-0.2, 0) is 11.2 Å². The van der Waals surface area contributed by atoms with E-state index >= 15 is 0 Å². The lowest BCUT2D eigenvalue weighted by atomic mass is 10.0. The predicted molar refractivity (Wildman–Crippen MR) is 112 cm³/mol. The Balaban J connectivity index is 1.77. The number of benzene rings is 3. The van der Waals surface area contributed by atoms with Gasteiger partial charge in [0, 0.05) is 10.2 Å². The Labute approximate surface area is 175 Å². The van der Waals surface area contributed by atoms with Crippen LogP contribution in [0.1, 0.15) is 16.7 Å². The molecule has 0 spiro atoms. The number of carbonyl (C=O) groups excluding carboxylic acids is 1. The number of hydrogen-bond acceptors (Lipinski definition) is 2. The van der Waals surface area contributed by atoms with Gasteiger partial charge in [0.25, 0.3) is 5.91 Å². The van der Waals surface area contributed by atoms with Crippen LogP contribution in [0, 0.1) is 23.0 Å². The third-order valence-electron chi connectivity index (χ3n) is 4.14. The Hall–Kier alpha value is -3.30. The molecule has 0 aliphatic carbocycles. The minimum atomic E-state index is -0.584. The normalized spacial score (nSPS) is 11.0. The quantitative estimate of drug-likeness (QED) is 0.389. The van der Waals surface area contributed by atoms with Crippen molar-refractivity contribution in [2.45, 2.75) is 6.42 Å². The van der Waals surface area contributed by atoms with Gasteiger partial charge in [0.15, 0.2) is 0 Å². The molecule has 0 aromatic heterocycles. The second kappa shape index (κ2) is 9.26. The van der Waals surface area contributed by atoms with Crippen molar-refractivity contribution >= 4 is 33.6 Å². The number of nitriles is 1. The number of amides is 1. The van der Waals surface area contributed by atoms with Crippen LogP contribution in [0.15, 0.2) is 76.8 Å². The van der Waals surface area contributed by atoms with Gasteiger partial charge >= 0.3 is 0 Å². The summed E-state index contributed by atoms with van der Waals surface area (Å²) in [4.78, 5) is 12.3. The van der Waals surface area contributed by atoms with E-state index in [1.165, 1.54) is 42.5 Å². The highest BCUT2D eigenvalue weighted by atomic mass is 79.9. The summed E-state index contributed by atoms with van der Waals surface area (Å²) >= 11 is 3.49. The Kier molecular flexibility index (Phi) is 6.53. The van der Waals surface area contributed by atoms with Gasteiger partial charge in [-0.05, 0) is 71.7 Å². The Morgan fingerprint density at radius 2 is 1.79 bits per heavy atom. The fourth-order valence-electron chi connectivity index (χ4n) is 2.71. The summed E-state index contributed by atoms with van der Waals surface area (Å²) in [6.07, 6.45) is 2.01. The van der Waals surface area contributed by atoms with E-state index in [1.807, 2.05) is 18.2 Å². The van der Waals surface area contributed by atoms with Gasteiger partial charge in [0.2, 0.25) is 0 Å². The van der Waals surface area contributed by atoms with E-state index in [0.29, 0.717) is 17.7 Å². The van der Waals surface area contributed by atoms with Crippen LogP contribution >= 0.6 is 15.9 Å². The third-order valence-corrected chi connectivity index (χ3v) is 4.88. The highest BCUT2D eigenvalue weighted by Crippen LogP contribution is 2.23. The van der Waals surface area contributed by atoms with Gasteiger partial charge < -0.3 is 5.32 Å². The lowest BCUT2D eigenvalue weighted by molar-refractivity contribution is -0.112. The minimum Gasteiger partial charge on any atom is -0.321 e. The molecule has 6 heteroatoms. The fraction of sp³-hybridized carbons (Fsp3) is 0.0435. The van der Waals surface area contributed by atoms with Gasteiger partial charge in [0.1, 0.15) is 23.3 Å². The fourth-order valence-corrected chi connectivity index (χ4v) is 3.25. The molecule has 3 nitrogen and oxygen atoms in total. The molecule has 3 aromatic carbocycles. The molecule has 0 bridgehead atoms. The van der Waals surface area contributed by atoms with E-state index in [4.69, 9.17) is 0 Å². The van der Waals surface area contributed by atoms with Crippen LogP contribution in [0.25, 0.3) is 6.08 Å². The van der Waals surface area contributed by atoms with Crippen LogP contribution in [0.3, 0.4) is 0 Å². The summed E-state index contributed by atoms with van der Waals surface area (Å²) < 4.78 is 27.1. The van der Waals surface area contributed by atoms with E-state index in [2.05, 4.69) is 21.2 Å². The van der Waals surface area contributed by atoms with E-state index in [1.54, 1.807) is 18.2 Å². The molecule has 3 rings (SSSR count). The molecule has 1 N–H and O–H groups in total. The molecule has 0 saturated heterocycles. The van der Waals surface area contributed by atoms with Crippen LogP contribution in [0.2, 0.25) is 0 Å². The Morgan fingerprint density at radius 1 is 1.03 bits per heavy atom. The zero-order valence-electron chi connectivity index (χ0n) is 15.1. The van der Waals surface area contributed by atoms with Crippen molar-refractivity contribution in [1.29, 1.82) is 5.26 Å². The third kappa shape index (κ3) is 5.59. The van der Waals surface area contributed by atoms with Gasteiger partial charge in [-0.15, -0.1) is 0 Å². The van der Waals surface area contributed by atoms with Crippen molar-refractivity contribution in [3.63, 3.8) is 0 Å². The number of rotatable bonds is 5. The molecule has 3 aromatic rings. The lowest BCUT2D eigenvalue weighted by Gasteiger charge is -2.07. The predicted octanol–water partition coefficient (Wildman–Crippen LogP) is 5.86. The smallest absolute Gasteiger partial charge is 0.266 e. The summed E-state index contributed by atoms with van der Waals surface area (Å²) in [6, 6.07) is 19.0. The zero-order chi connectivity index (χ0) is 20.8. The van der Waals surface area contributed by atoms with Gasteiger partial charge in [0.05, 0.1) is 0 Å². The maximum Gasteiger partial charge on any atom is 0.266 e. The highest BCUT2D eigenvalue weighted by molar-refractivity contribution is 9.10. The first-order valence-electron chi connectivity index (χ1n) is 8.66. The van der Waals surface area contributed by atoms with Crippen LogP contribution < -0.4 is 5.32 Å². The highest BCUT2D eigenvalue weighted by Gasteiger charge is 2.11. The van der Waals surface area contributed by atoms with Gasteiger partial charge in [-0.25, -0.2) is 8.78 Å². The molecule has 0 saturated carbocycles. The summed E-state index contributed by atoms with van der Waals surface area (Å²) in [7, 11) is 0.